The maximum Gasteiger partial charge on any atom is 0.213 e. The van der Waals surface area contributed by atoms with E-state index in [0.29, 0.717) is 12.4 Å². The molecule has 0 aliphatic heterocycles. The molecular formula is C5H12ClNO2S. The van der Waals surface area contributed by atoms with Crippen molar-refractivity contribution in [1.29, 1.82) is 0 Å². The molecule has 0 fully saturated rings. The summed E-state index contributed by atoms with van der Waals surface area (Å²) in [6.45, 7) is 2.00. The summed E-state index contributed by atoms with van der Waals surface area (Å²) >= 11 is 5.35. The number of rotatable bonds is 4. The van der Waals surface area contributed by atoms with E-state index in [1.54, 1.807) is 6.92 Å². The monoisotopic (exact) mass is 185 g/mol. The third kappa shape index (κ3) is 2.86. The average molecular weight is 186 g/mol. The van der Waals surface area contributed by atoms with E-state index in [0.717, 1.165) is 0 Å². The number of sulfonamides is 1. The summed E-state index contributed by atoms with van der Waals surface area (Å²) in [5.41, 5.74) is 0. The van der Waals surface area contributed by atoms with Gasteiger partial charge in [0.05, 0.1) is 5.75 Å². The summed E-state index contributed by atoms with van der Waals surface area (Å²) in [6.07, 6.45) is 0. The molecule has 0 aliphatic carbocycles. The second-order valence-electron chi connectivity index (χ2n) is 1.91. The second-order valence-corrected chi connectivity index (χ2v) is 4.65. The van der Waals surface area contributed by atoms with Crippen molar-refractivity contribution in [2.24, 2.45) is 0 Å². The molecule has 0 saturated carbocycles. The summed E-state index contributed by atoms with van der Waals surface area (Å²) < 4.78 is 23.2. The second kappa shape index (κ2) is 4.16. The topological polar surface area (TPSA) is 37.4 Å². The van der Waals surface area contributed by atoms with Crippen molar-refractivity contribution >= 4 is 21.6 Å². The van der Waals surface area contributed by atoms with Gasteiger partial charge in [-0.1, -0.05) is 0 Å². The highest BCUT2D eigenvalue weighted by molar-refractivity contribution is 7.89. The molecule has 0 spiro atoms. The number of alkyl halides is 1. The molecule has 62 valence electrons. The van der Waals surface area contributed by atoms with Crippen LogP contribution in [0.1, 0.15) is 6.92 Å². The Balaban J connectivity index is 4.06. The Morgan fingerprint density at radius 1 is 1.50 bits per heavy atom. The zero-order valence-electron chi connectivity index (χ0n) is 6.17. The SMILES string of the molecule is CCS(=O)(=O)N(C)CCCl. The van der Waals surface area contributed by atoms with E-state index in [1.807, 2.05) is 0 Å². The molecule has 0 heterocycles. The normalized spacial score (nSPS) is 12.4. The van der Waals surface area contributed by atoms with Gasteiger partial charge in [-0.3, -0.25) is 0 Å². The van der Waals surface area contributed by atoms with E-state index in [-0.39, 0.29) is 5.75 Å². The highest BCUT2D eigenvalue weighted by Crippen LogP contribution is 1.96. The van der Waals surface area contributed by atoms with Gasteiger partial charge in [-0.05, 0) is 6.92 Å². The standard InChI is InChI=1S/C5H12ClNO2S/c1-3-10(8,9)7(2)5-4-6/h3-5H2,1-2H3. The number of hydrogen-bond donors (Lipinski definition) is 0. The first-order valence-electron chi connectivity index (χ1n) is 3.04. The van der Waals surface area contributed by atoms with E-state index in [2.05, 4.69) is 0 Å². The van der Waals surface area contributed by atoms with Gasteiger partial charge in [-0.2, -0.15) is 0 Å². The van der Waals surface area contributed by atoms with Gasteiger partial charge < -0.3 is 0 Å². The van der Waals surface area contributed by atoms with Crippen molar-refractivity contribution in [1.82, 2.24) is 4.31 Å². The van der Waals surface area contributed by atoms with Crippen LogP contribution in [0.5, 0.6) is 0 Å². The summed E-state index contributed by atoms with van der Waals surface area (Å²) in [4.78, 5) is 0. The molecule has 3 nitrogen and oxygen atoms in total. The van der Waals surface area contributed by atoms with E-state index < -0.39 is 10.0 Å². The van der Waals surface area contributed by atoms with Crippen LogP contribution in [-0.2, 0) is 10.0 Å². The lowest BCUT2D eigenvalue weighted by Gasteiger charge is -2.13. The Kier molecular flexibility index (Phi) is 4.24. The Labute approximate surface area is 67.0 Å². The van der Waals surface area contributed by atoms with Crippen LogP contribution in [0.25, 0.3) is 0 Å². The maximum atomic E-state index is 11.0. The summed E-state index contributed by atoms with van der Waals surface area (Å²) in [5, 5.41) is 0. The predicted molar refractivity (Wildman–Crippen MR) is 42.8 cm³/mol. The van der Waals surface area contributed by atoms with Gasteiger partial charge in [-0.25, -0.2) is 12.7 Å². The molecule has 0 bridgehead atoms. The molecule has 0 aromatic rings. The van der Waals surface area contributed by atoms with Crippen molar-refractivity contribution in [3.8, 4) is 0 Å². The molecule has 0 amide bonds. The fourth-order valence-corrected chi connectivity index (χ4v) is 1.64. The van der Waals surface area contributed by atoms with Crippen LogP contribution in [0.2, 0.25) is 0 Å². The van der Waals surface area contributed by atoms with Crippen molar-refractivity contribution in [3.63, 3.8) is 0 Å². The van der Waals surface area contributed by atoms with E-state index in [1.165, 1.54) is 11.4 Å². The van der Waals surface area contributed by atoms with Crippen LogP contribution in [0.4, 0.5) is 0 Å². The van der Waals surface area contributed by atoms with Gasteiger partial charge in [0.15, 0.2) is 0 Å². The smallest absolute Gasteiger partial charge is 0.212 e. The van der Waals surface area contributed by atoms with Gasteiger partial charge in [0.25, 0.3) is 0 Å². The van der Waals surface area contributed by atoms with Crippen molar-refractivity contribution in [2.45, 2.75) is 6.92 Å². The van der Waals surface area contributed by atoms with Crippen molar-refractivity contribution in [3.05, 3.63) is 0 Å². The van der Waals surface area contributed by atoms with Gasteiger partial charge in [0.2, 0.25) is 10.0 Å². The minimum absolute atomic E-state index is 0.139. The lowest BCUT2D eigenvalue weighted by atomic mass is 10.8. The van der Waals surface area contributed by atoms with E-state index in [4.69, 9.17) is 11.6 Å². The highest BCUT2D eigenvalue weighted by atomic mass is 35.5. The van der Waals surface area contributed by atoms with Crippen LogP contribution in [-0.4, -0.2) is 37.9 Å². The van der Waals surface area contributed by atoms with Gasteiger partial charge in [0.1, 0.15) is 0 Å². The predicted octanol–water partition coefficient (Wildman–Crippen LogP) is 0.507. The highest BCUT2D eigenvalue weighted by Gasteiger charge is 2.12. The Morgan fingerprint density at radius 3 is 2.30 bits per heavy atom. The molecule has 0 aromatic carbocycles. The third-order valence-electron chi connectivity index (χ3n) is 1.24. The molecule has 0 rings (SSSR count). The van der Waals surface area contributed by atoms with Gasteiger partial charge >= 0.3 is 0 Å². The molecular weight excluding hydrogens is 174 g/mol. The Bertz CT molecular complexity index is 178. The molecule has 0 radical (unpaired) electrons. The first-order chi connectivity index (χ1) is 4.54. The van der Waals surface area contributed by atoms with Crippen molar-refractivity contribution < 1.29 is 8.42 Å². The van der Waals surface area contributed by atoms with Gasteiger partial charge in [0, 0.05) is 19.5 Å². The number of halogens is 1. The van der Waals surface area contributed by atoms with Crippen LogP contribution in [0, 0.1) is 0 Å². The largest absolute Gasteiger partial charge is 0.213 e. The van der Waals surface area contributed by atoms with E-state index in [9.17, 15) is 8.42 Å². The molecule has 0 unspecified atom stereocenters. The fourth-order valence-electron chi connectivity index (χ4n) is 0.478. The van der Waals surface area contributed by atoms with Crippen LogP contribution >= 0.6 is 11.6 Å². The Hall–Kier alpha value is 0.200. The fraction of sp³-hybridized carbons (Fsp3) is 1.00. The zero-order chi connectivity index (χ0) is 8.20. The molecule has 0 saturated heterocycles. The summed E-state index contributed by atoms with van der Waals surface area (Å²) in [7, 11) is -1.48. The van der Waals surface area contributed by atoms with Crippen molar-refractivity contribution in [2.75, 3.05) is 25.2 Å². The third-order valence-corrected chi connectivity index (χ3v) is 3.27. The average Bonchev–Trinajstić information content (AvgIpc) is 1.89. The molecule has 5 heteroatoms. The zero-order valence-corrected chi connectivity index (χ0v) is 7.74. The first-order valence-corrected chi connectivity index (χ1v) is 5.19. The lowest BCUT2D eigenvalue weighted by molar-refractivity contribution is 0.489. The minimum Gasteiger partial charge on any atom is -0.212 e. The number of nitrogens with zero attached hydrogens (tertiary/aromatic N) is 1. The molecule has 0 aliphatic rings. The molecule has 0 aromatic heterocycles. The maximum absolute atomic E-state index is 11.0. The summed E-state index contributed by atoms with van der Waals surface area (Å²) in [5.74, 6) is 0.482. The van der Waals surface area contributed by atoms with E-state index >= 15 is 0 Å². The van der Waals surface area contributed by atoms with Crippen LogP contribution in [0.3, 0.4) is 0 Å². The molecule has 0 atom stereocenters. The van der Waals surface area contributed by atoms with Crippen LogP contribution in [0.15, 0.2) is 0 Å². The lowest BCUT2D eigenvalue weighted by Crippen LogP contribution is -2.29. The van der Waals surface area contributed by atoms with Gasteiger partial charge in [-0.15, -0.1) is 11.6 Å². The number of hydrogen-bond acceptors (Lipinski definition) is 2. The first kappa shape index (κ1) is 10.2. The minimum atomic E-state index is -3.01. The quantitative estimate of drug-likeness (QED) is 0.599. The summed E-state index contributed by atoms with van der Waals surface area (Å²) in [6, 6.07) is 0. The molecule has 0 N–H and O–H groups in total. The Morgan fingerprint density at radius 2 is 2.00 bits per heavy atom. The molecule has 10 heavy (non-hydrogen) atoms. The van der Waals surface area contributed by atoms with Crippen LogP contribution < -0.4 is 0 Å².